The molecule has 0 radical (unpaired) electrons. The van der Waals surface area contributed by atoms with E-state index in [-0.39, 0.29) is 0 Å². The van der Waals surface area contributed by atoms with Crippen LogP contribution in [0.2, 0.25) is 0 Å². The minimum absolute atomic E-state index is 0.629. The molecule has 0 amide bonds. The van der Waals surface area contributed by atoms with Crippen LogP contribution in [0.5, 0.6) is 0 Å². The van der Waals surface area contributed by atoms with Crippen molar-refractivity contribution in [2.45, 2.75) is 0 Å². The van der Waals surface area contributed by atoms with E-state index in [0.29, 0.717) is 17.5 Å². The molecule has 0 saturated heterocycles. The molecule has 11 aromatic carbocycles. The lowest BCUT2D eigenvalue weighted by molar-refractivity contribution is 1.08. The number of para-hydroxylation sites is 2. The molecule has 0 fully saturated rings. The zero-order valence-corrected chi connectivity index (χ0v) is 35.6. The van der Waals surface area contributed by atoms with Gasteiger partial charge in [0.25, 0.3) is 0 Å². The second kappa shape index (κ2) is 14.3. The van der Waals surface area contributed by atoms with Crippen molar-refractivity contribution in [3.05, 3.63) is 224 Å². The molecule has 14 aromatic rings. The Kier molecular flexibility index (Phi) is 7.91. The fraction of sp³-hybridized carbons (Fsp3) is 0. The van der Waals surface area contributed by atoms with Gasteiger partial charge in [-0.1, -0.05) is 188 Å². The average Bonchev–Trinajstić information content (AvgIpc) is 3.90. The summed E-state index contributed by atoms with van der Waals surface area (Å²) in [6, 6.07) is 80.5. The van der Waals surface area contributed by atoms with Gasteiger partial charge in [-0.2, -0.15) is 0 Å². The van der Waals surface area contributed by atoms with E-state index >= 15 is 0 Å². The van der Waals surface area contributed by atoms with Crippen LogP contribution < -0.4 is 0 Å². The third-order valence-corrected chi connectivity index (χ3v) is 13.5. The number of aromatic nitrogens is 5. The van der Waals surface area contributed by atoms with E-state index in [1.807, 2.05) is 18.2 Å². The van der Waals surface area contributed by atoms with Gasteiger partial charge in [-0.3, -0.25) is 0 Å². The van der Waals surface area contributed by atoms with Gasteiger partial charge >= 0.3 is 0 Å². The molecule has 5 nitrogen and oxygen atoms in total. The molecule has 0 unspecified atom stereocenters. The van der Waals surface area contributed by atoms with Crippen molar-refractivity contribution in [1.82, 2.24) is 24.1 Å². The summed E-state index contributed by atoms with van der Waals surface area (Å²) in [6.07, 6.45) is 0. The van der Waals surface area contributed by atoms with Gasteiger partial charge in [0.2, 0.25) is 0 Å². The van der Waals surface area contributed by atoms with E-state index in [9.17, 15) is 0 Å². The van der Waals surface area contributed by atoms with Crippen molar-refractivity contribution in [2.24, 2.45) is 0 Å². The molecular weight excluding hydrogens is 803 g/mol. The Morgan fingerprint density at radius 2 is 0.803 bits per heavy atom. The van der Waals surface area contributed by atoms with E-state index in [1.165, 1.54) is 59.8 Å². The Morgan fingerprint density at radius 3 is 1.56 bits per heavy atom. The Balaban J connectivity index is 1.06. The molecule has 14 rings (SSSR count). The first kappa shape index (κ1) is 36.5. The van der Waals surface area contributed by atoms with E-state index in [1.54, 1.807) is 0 Å². The molecule has 0 N–H and O–H groups in total. The van der Waals surface area contributed by atoms with Crippen LogP contribution in [0, 0.1) is 0 Å². The topological polar surface area (TPSA) is 48.5 Å². The lowest BCUT2D eigenvalue weighted by Gasteiger charge is -2.17. The van der Waals surface area contributed by atoms with E-state index < -0.39 is 0 Å². The van der Waals surface area contributed by atoms with Gasteiger partial charge in [-0.05, 0) is 68.7 Å². The smallest absolute Gasteiger partial charge is 0.164 e. The molecule has 66 heavy (non-hydrogen) atoms. The number of nitrogens with zero attached hydrogens (tertiary/aromatic N) is 5. The maximum Gasteiger partial charge on any atom is 0.164 e. The van der Waals surface area contributed by atoms with Gasteiger partial charge in [0.1, 0.15) is 0 Å². The molecule has 3 heterocycles. The van der Waals surface area contributed by atoms with Crippen LogP contribution in [0.25, 0.3) is 132 Å². The molecule has 0 spiro atoms. The molecule has 0 aliphatic rings. The fourth-order valence-electron chi connectivity index (χ4n) is 10.7. The van der Waals surface area contributed by atoms with Gasteiger partial charge in [-0.15, -0.1) is 0 Å². The summed E-state index contributed by atoms with van der Waals surface area (Å²) in [5, 5.41) is 14.2. The summed E-state index contributed by atoms with van der Waals surface area (Å²) in [4.78, 5) is 15.7. The predicted molar refractivity (Wildman–Crippen MR) is 275 cm³/mol. The lowest BCUT2D eigenvalue weighted by atomic mass is 10.0. The minimum atomic E-state index is 0.629. The van der Waals surface area contributed by atoms with Gasteiger partial charge in [-0.25, -0.2) is 15.0 Å². The first-order valence-corrected chi connectivity index (χ1v) is 22.5. The largest absolute Gasteiger partial charge is 0.309 e. The van der Waals surface area contributed by atoms with Crippen molar-refractivity contribution in [3.8, 4) is 45.5 Å². The predicted octanol–water partition coefficient (Wildman–Crippen LogP) is 15.7. The highest BCUT2D eigenvalue weighted by Crippen LogP contribution is 2.46. The summed E-state index contributed by atoms with van der Waals surface area (Å²) in [5.74, 6) is 1.91. The number of benzene rings is 11. The normalized spacial score (nSPS) is 11.9. The average molecular weight is 840 g/mol. The van der Waals surface area contributed by atoms with Crippen molar-refractivity contribution in [1.29, 1.82) is 0 Å². The Labute approximate surface area is 379 Å². The standard InChI is InChI=1S/C61H37N5/c1-2-19-40(20-3-1)59-62-60(47-30-16-22-38-17-4-7-23-42(38)47)64-61(63-59)48-34-36-53(46-27-11-10-26-45(46)48)65-51-31-14-13-29-50(51)57-55(65)37-41-21-6-9-25-44(41)58(57)66-52-32-15-12-28-49(52)56-43-24-8-5-18-39(43)33-35-54(56)66/h1-37H. The molecule has 3 aromatic heterocycles. The quantitative estimate of drug-likeness (QED) is 0.173. The molecule has 0 aliphatic heterocycles. The Bertz CT molecular complexity index is 4290. The maximum atomic E-state index is 5.30. The highest BCUT2D eigenvalue weighted by molar-refractivity contribution is 6.26. The third kappa shape index (κ3) is 5.38. The van der Waals surface area contributed by atoms with Crippen LogP contribution in [-0.4, -0.2) is 24.1 Å². The van der Waals surface area contributed by atoms with Gasteiger partial charge in [0.15, 0.2) is 17.5 Å². The maximum absolute atomic E-state index is 5.30. The highest BCUT2D eigenvalue weighted by atomic mass is 15.0. The second-order valence-electron chi connectivity index (χ2n) is 17.1. The van der Waals surface area contributed by atoms with Crippen LogP contribution in [-0.2, 0) is 0 Å². The molecule has 0 bridgehead atoms. The Hall–Kier alpha value is -8.93. The number of fused-ring (bicyclic) bond motifs is 11. The Morgan fingerprint density at radius 1 is 0.273 bits per heavy atom. The van der Waals surface area contributed by atoms with E-state index in [2.05, 4.69) is 215 Å². The summed E-state index contributed by atoms with van der Waals surface area (Å²) < 4.78 is 5.00. The molecule has 0 aliphatic carbocycles. The molecule has 5 heteroatoms. The zero-order chi connectivity index (χ0) is 43.3. The minimum Gasteiger partial charge on any atom is -0.309 e. The highest BCUT2D eigenvalue weighted by Gasteiger charge is 2.25. The van der Waals surface area contributed by atoms with Crippen molar-refractivity contribution in [2.75, 3.05) is 0 Å². The molecule has 0 atom stereocenters. The van der Waals surface area contributed by atoms with Crippen LogP contribution in [0.15, 0.2) is 224 Å². The first-order chi connectivity index (χ1) is 32.8. The summed E-state index contributed by atoms with van der Waals surface area (Å²) >= 11 is 0. The molecule has 0 saturated carbocycles. The summed E-state index contributed by atoms with van der Waals surface area (Å²) in [6.45, 7) is 0. The number of hydrogen-bond acceptors (Lipinski definition) is 3. The SMILES string of the molecule is c1ccc(-c2nc(-c3cccc4ccccc34)nc(-c3ccc(-n4c5ccccc5c5c(-n6c7ccccc7c7c8ccccc8ccc76)c6ccccc6cc54)c4ccccc34)n2)cc1. The van der Waals surface area contributed by atoms with Crippen molar-refractivity contribution < 1.29 is 0 Å². The zero-order valence-electron chi connectivity index (χ0n) is 35.6. The van der Waals surface area contributed by atoms with Crippen molar-refractivity contribution in [3.63, 3.8) is 0 Å². The number of rotatable bonds is 5. The van der Waals surface area contributed by atoms with E-state index in [4.69, 9.17) is 15.0 Å². The van der Waals surface area contributed by atoms with Gasteiger partial charge < -0.3 is 9.13 Å². The second-order valence-corrected chi connectivity index (χ2v) is 17.1. The van der Waals surface area contributed by atoms with Gasteiger partial charge in [0.05, 0.1) is 33.4 Å². The van der Waals surface area contributed by atoms with Gasteiger partial charge in [0, 0.05) is 49.0 Å². The fourth-order valence-corrected chi connectivity index (χ4v) is 10.7. The molecular formula is C61H37N5. The summed E-state index contributed by atoms with van der Waals surface area (Å²) in [7, 11) is 0. The van der Waals surface area contributed by atoms with Crippen LogP contribution in [0.1, 0.15) is 0 Å². The van der Waals surface area contributed by atoms with Crippen LogP contribution in [0.3, 0.4) is 0 Å². The summed E-state index contributed by atoms with van der Waals surface area (Å²) in [5.41, 5.74) is 9.77. The van der Waals surface area contributed by atoms with Crippen LogP contribution >= 0.6 is 0 Å². The van der Waals surface area contributed by atoms with E-state index in [0.717, 1.165) is 55.0 Å². The monoisotopic (exact) mass is 839 g/mol. The number of hydrogen-bond donors (Lipinski definition) is 0. The van der Waals surface area contributed by atoms with Crippen LogP contribution in [0.4, 0.5) is 0 Å². The molecule has 306 valence electrons. The van der Waals surface area contributed by atoms with Crippen molar-refractivity contribution >= 4 is 86.7 Å². The lowest BCUT2D eigenvalue weighted by Crippen LogP contribution is -2.02. The first-order valence-electron chi connectivity index (χ1n) is 22.5. The third-order valence-electron chi connectivity index (χ3n) is 13.5.